The van der Waals surface area contributed by atoms with Gasteiger partial charge in [0.15, 0.2) is 0 Å². The third kappa shape index (κ3) is 5.49. The number of ether oxygens (including phenoxy) is 2. The lowest BCUT2D eigenvalue weighted by Gasteiger charge is -2.42. The van der Waals surface area contributed by atoms with Crippen LogP contribution in [-0.2, 0) is 16.1 Å². The highest BCUT2D eigenvalue weighted by atomic mass is 16.5. The topological polar surface area (TPSA) is 84.9 Å². The minimum absolute atomic E-state index is 0.0101. The van der Waals surface area contributed by atoms with Gasteiger partial charge in [0.1, 0.15) is 12.4 Å². The first-order chi connectivity index (χ1) is 17.1. The maximum Gasteiger partial charge on any atom is 0.321 e. The maximum absolute atomic E-state index is 13.3. The van der Waals surface area contributed by atoms with Gasteiger partial charge >= 0.3 is 6.01 Å². The molecule has 3 heterocycles. The molecule has 35 heavy (non-hydrogen) atoms. The van der Waals surface area contributed by atoms with Crippen LogP contribution in [0.2, 0.25) is 0 Å². The van der Waals surface area contributed by atoms with Gasteiger partial charge in [-0.25, -0.2) is 9.97 Å². The van der Waals surface area contributed by atoms with E-state index in [0.29, 0.717) is 43.9 Å². The van der Waals surface area contributed by atoms with Crippen LogP contribution in [0.4, 0.5) is 0 Å². The van der Waals surface area contributed by atoms with Crippen molar-refractivity contribution in [1.82, 2.24) is 19.8 Å². The molecule has 0 unspecified atom stereocenters. The van der Waals surface area contributed by atoms with E-state index in [4.69, 9.17) is 9.47 Å². The molecule has 8 nitrogen and oxygen atoms in total. The summed E-state index contributed by atoms with van der Waals surface area (Å²) in [6.07, 6.45) is 5.51. The standard InChI is InChI=1S/C27H28N4O4/c32-24-19-34-27(20-31(24)18-21-7-2-1-3-8-21)11-5-15-30(16-12-27)25(33)22-9-4-10-23(17-22)35-26-28-13-6-14-29-26/h1-4,6-10,13-14,17H,5,11-12,15-16,18-20H2/t27-/m0/s1. The smallest absolute Gasteiger partial charge is 0.321 e. The second-order valence-electron chi connectivity index (χ2n) is 9.01. The van der Waals surface area contributed by atoms with Crippen LogP contribution in [0.5, 0.6) is 11.8 Å². The predicted octanol–water partition coefficient (Wildman–Crippen LogP) is 3.69. The number of rotatable bonds is 5. The molecule has 1 aromatic heterocycles. The Morgan fingerprint density at radius 3 is 2.66 bits per heavy atom. The van der Waals surface area contributed by atoms with Crippen molar-refractivity contribution in [3.05, 3.63) is 84.2 Å². The van der Waals surface area contributed by atoms with Gasteiger partial charge in [-0.3, -0.25) is 9.59 Å². The molecule has 0 bridgehead atoms. The molecule has 0 aliphatic carbocycles. The summed E-state index contributed by atoms with van der Waals surface area (Å²) in [5.41, 5.74) is 1.24. The van der Waals surface area contributed by atoms with Crippen molar-refractivity contribution in [1.29, 1.82) is 0 Å². The monoisotopic (exact) mass is 472 g/mol. The van der Waals surface area contributed by atoms with E-state index in [1.165, 1.54) is 0 Å². The molecule has 2 aliphatic heterocycles. The van der Waals surface area contributed by atoms with Crippen molar-refractivity contribution in [2.45, 2.75) is 31.4 Å². The lowest BCUT2D eigenvalue weighted by molar-refractivity contribution is -0.166. The Morgan fingerprint density at radius 2 is 1.83 bits per heavy atom. The van der Waals surface area contributed by atoms with Gasteiger partial charge in [0, 0.05) is 37.6 Å². The number of amides is 2. The Kier molecular flexibility index (Phi) is 6.72. The van der Waals surface area contributed by atoms with Crippen LogP contribution < -0.4 is 4.74 Å². The summed E-state index contributed by atoms with van der Waals surface area (Å²) in [5, 5.41) is 0. The lowest BCUT2D eigenvalue weighted by atomic mass is 9.92. The highest BCUT2D eigenvalue weighted by molar-refractivity contribution is 5.94. The predicted molar refractivity (Wildman–Crippen MR) is 129 cm³/mol. The van der Waals surface area contributed by atoms with Crippen molar-refractivity contribution < 1.29 is 19.1 Å². The first-order valence-corrected chi connectivity index (χ1v) is 11.9. The molecule has 2 fully saturated rings. The fourth-order valence-corrected chi connectivity index (χ4v) is 4.73. The Balaban J connectivity index is 1.24. The second kappa shape index (κ2) is 10.2. The molecule has 2 aromatic carbocycles. The van der Waals surface area contributed by atoms with Crippen LogP contribution in [0.25, 0.3) is 0 Å². The number of carbonyl (C=O) groups is 2. The molecule has 2 saturated heterocycles. The Morgan fingerprint density at radius 1 is 1.00 bits per heavy atom. The SMILES string of the molecule is O=C1CO[C@]2(CCCN(C(=O)c3cccc(Oc4ncccn4)c3)CC2)CN1Cc1ccccc1. The summed E-state index contributed by atoms with van der Waals surface area (Å²) >= 11 is 0. The van der Waals surface area contributed by atoms with E-state index in [-0.39, 0.29) is 24.4 Å². The number of hydrogen-bond donors (Lipinski definition) is 0. The Hall–Kier alpha value is -3.78. The summed E-state index contributed by atoms with van der Waals surface area (Å²) in [6.45, 7) is 2.42. The van der Waals surface area contributed by atoms with E-state index in [2.05, 4.69) is 9.97 Å². The first kappa shape index (κ1) is 23.0. The van der Waals surface area contributed by atoms with E-state index in [1.54, 1.807) is 42.7 Å². The van der Waals surface area contributed by atoms with Crippen molar-refractivity contribution in [2.75, 3.05) is 26.2 Å². The summed E-state index contributed by atoms with van der Waals surface area (Å²) in [6, 6.07) is 19.0. The van der Waals surface area contributed by atoms with Crippen LogP contribution in [0, 0.1) is 0 Å². The minimum atomic E-state index is -0.423. The number of hydrogen-bond acceptors (Lipinski definition) is 6. The molecule has 180 valence electrons. The number of carbonyl (C=O) groups excluding carboxylic acids is 2. The summed E-state index contributed by atoms with van der Waals surface area (Å²) in [4.78, 5) is 37.8. The fraction of sp³-hybridized carbons (Fsp3) is 0.333. The summed E-state index contributed by atoms with van der Waals surface area (Å²) in [5.74, 6) is 0.476. The van der Waals surface area contributed by atoms with Crippen LogP contribution in [0.15, 0.2) is 73.1 Å². The molecule has 0 radical (unpaired) electrons. The van der Waals surface area contributed by atoms with Crippen molar-refractivity contribution in [2.24, 2.45) is 0 Å². The quantitative estimate of drug-likeness (QED) is 0.563. The van der Waals surface area contributed by atoms with E-state index < -0.39 is 5.60 Å². The molecule has 0 N–H and O–H groups in total. The Labute approximate surface area is 204 Å². The minimum Gasteiger partial charge on any atom is -0.424 e. The normalized spacial score (nSPS) is 20.5. The van der Waals surface area contributed by atoms with E-state index in [1.807, 2.05) is 40.1 Å². The van der Waals surface area contributed by atoms with Gasteiger partial charge in [0.25, 0.3) is 5.91 Å². The second-order valence-corrected chi connectivity index (χ2v) is 9.01. The zero-order valence-corrected chi connectivity index (χ0v) is 19.5. The average molecular weight is 473 g/mol. The third-order valence-corrected chi connectivity index (χ3v) is 6.57. The number of benzene rings is 2. The lowest BCUT2D eigenvalue weighted by Crippen LogP contribution is -2.54. The van der Waals surface area contributed by atoms with E-state index >= 15 is 0 Å². The van der Waals surface area contributed by atoms with Gasteiger partial charge in [0.2, 0.25) is 5.91 Å². The fourth-order valence-electron chi connectivity index (χ4n) is 4.73. The number of nitrogens with zero attached hydrogens (tertiary/aromatic N) is 4. The van der Waals surface area contributed by atoms with Gasteiger partial charge in [-0.2, -0.15) is 0 Å². The highest BCUT2D eigenvalue weighted by Crippen LogP contribution is 2.32. The largest absolute Gasteiger partial charge is 0.424 e. The van der Waals surface area contributed by atoms with E-state index in [9.17, 15) is 9.59 Å². The van der Waals surface area contributed by atoms with Crippen LogP contribution in [-0.4, -0.2) is 63.4 Å². The zero-order valence-electron chi connectivity index (χ0n) is 19.5. The van der Waals surface area contributed by atoms with Crippen molar-refractivity contribution in [3.8, 4) is 11.8 Å². The van der Waals surface area contributed by atoms with Gasteiger partial charge in [-0.05, 0) is 49.1 Å². The number of aromatic nitrogens is 2. The third-order valence-electron chi connectivity index (χ3n) is 6.57. The number of morpholine rings is 1. The molecule has 3 aromatic rings. The maximum atomic E-state index is 13.3. The number of likely N-dealkylation sites (tertiary alicyclic amines) is 1. The van der Waals surface area contributed by atoms with Gasteiger partial charge in [-0.1, -0.05) is 36.4 Å². The molecule has 2 amide bonds. The van der Waals surface area contributed by atoms with Crippen LogP contribution in [0.3, 0.4) is 0 Å². The van der Waals surface area contributed by atoms with E-state index in [0.717, 1.165) is 18.4 Å². The molecule has 0 saturated carbocycles. The van der Waals surface area contributed by atoms with Crippen LogP contribution >= 0.6 is 0 Å². The molecule has 2 aliphatic rings. The summed E-state index contributed by atoms with van der Waals surface area (Å²) in [7, 11) is 0. The van der Waals surface area contributed by atoms with Gasteiger partial charge in [-0.15, -0.1) is 0 Å². The molecule has 1 atom stereocenters. The molecular weight excluding hydrogens is 444 g/mol. The Bertz CT molecular complexity index is 1170. The average Bonchev–Trinajstić information content (AvgIpc) is 3.10. The molecule has 1 spiro atoms. The van der Waals surface area contributed by atoms with Gasteiger partial charge in [0.05, 0.1) is 12.1 Å². The summed E-state index contributed by atoms with van der Waals surface area (Å²) < 4.78 is 11.8. The molecular formula is C27H28N4O4. The molecule has 5 rings (SSSR count). The van der Waals surface area contributed by atoms with Gasteiger partial charge < -0.3 is 19.3 Å². The zero-order chi connectivity index (χ0) is 24.1. The molecule has 8 heteroatoms. The van der Waals surface area contributed by atoms with Crippen LogP contribution in [0.1, 0.15) is 35.2 Å². The van der Waals surface area contributed by atoms with Crippen molar-refractivity contribution in [3.63, 3.8) is 0 Å². The first-order valence-electron chi connectivity index (χ1n) is 11.9. The highest BCUT2D eigenvalue weighted by Gasteiger charge is 2.41. The van der Waals surface area contributed by atoms with Crippen molar-refractivity contribution >= 4 is 11.8 Å².